The van der Waals surface area contributed by atoms with Gasteiger partial charge in [-0.3, -0.25) is 0 Å². The zero-order chi connectivity index (χ0) is 10.7. The summed E-state index contributed by atoms with van der Waals surface area (Å²) in [5.74, 6) is 0.551. The molecule has 15 heavy (non-hydrogen) atoms. The van der Waals surface area contributed by atoms with Crippen molar-refractivity contribution in [3.8, 4) is 11.4 Å². The largest absolute Gasteiger partial charge is 0.213 e. The van der Waals surface area contributed by atoms with E-state index >= 15 is 0 Å². The lowest BCUT2D eigenvalue weighted by Gasteiger charge is -2.00. The Hall–Kier alpha value is -1.13. The fourth-order valence-electron chi connectivity index (χ4n) is 1.15. The summed E-state index contributed by atoms with van der Waals surface area (Å²) in [4.78, 5) is 5.29. The lowest BCUT2D eigenvalue weighted by molar-refractivity contribution is 0.980. The molecule has 1 aromatic heterocycles. The van der Waals surface area contributed by atoms with Crippen LogP contribution in [0.15, 0.2) is 35.4 Å². The minimum atomic E-state index is 0.356. The number of benzene rings is 1. The topological polar surface area (TPSA) is 38.7 Å². The van der Waals surface area contributed by atoms with Gasteiger partial charge in [-0.1, -0.05) is 23.7 Å². The smallest absolute Gasteiger partial charge is 0.183 e. The normalized spacial score (nSPS) is 10.3. The van der Waals surface area contributed by atoms with Crippen LogP contribution in [0, 0.1) is 0 Å². The highest BCUT2D eigenvalue weighted by molar-refractivity contribution is 7.98. The van der Waals surface area contributed by atoms with Gasteiger partial charge in [0.15, 0.2) is 11.0 Å². The van der Waals surface area contributed by atoms with E-state index < -0.39 is 0 Å². The molecule has 0 aliphatic heterocycles. The van der Waals surface area contributed by atoms with E-state index in [1.165, 1.54) is 11.1 Å². The number of aromatic nitrogens is 3. The summed E-state index contributed by atoms with van der Waals surface area (Å²) >= 11 is 7.43. The van der Waals surface area contributed by atoms with Crippen LogP contribution in [0.25, 0.3) is 11.4 Å². The van der Waals surface area contributed by atoms with Crippen LogP contribution in [0.5, 0.6) is 0 Å². The van der Waals surface area contributed by atoms with Crippen molar-refractivity contribution >= 4 is 23.4 Å². The summed E-state index contributed by atoms with van der Waals surface area (Å²) in [5.41, 5.74) is 0.919. The van der Waals surface area contributed by atoms with E-state index in [0.29, 0.717) is 11.0 Å². The van der Waals surface area contributed by atoms with E-state index in [1.54, 1.807) is 11.8 Å². The summed E-state index contributed by atoms with van der Waals surface area (Å²) < 4.78 is 0. The molecule has 0 amide bonds. The summed E-state index contributed by atoms with van der Waals surface area (Å²) in [7, 11) is 0. The van der Waals surface area contributed by atoms with E-state index in [9.17, 15) is 0 Å². The summed E-state index contributed by atoms with van der Waals surface area (Å²) in [6, 6.07) is 7.95. The molecule has 3 nitrogen and oxygen atoms in total. The van der Waals surface area contributed by atoms with Gasteiger partial charge < -0.3 is 0 Å². The lowest BCUT2D eigenvalue weighted by atomic mass is 10.2. The Kier molecular flexibility index (Phi) is 3.18. The highest BCUT2D eigenvalue weighted by Gasteiger charge is 2.02. The van der Waals surface area contributed by atoms with E-state index in [1.807, 2.05) is 30.5 Å². The monoisotopic (exact) mass is 237 g/mol. The maximum absolute atomic E-state index is 5.74. The van der Waals surface area contributed by atoms with Gasteiger partial charge in [-0.05, 0) is 18.4 Å². The van der Waals surface area contributed by atoms with Gasteiger partial charge in [0.05, 0.1) is 6.20 Å². The molecule has 5 heteroatoms. The number of hydrogen-bond donors (Lipinski definition) is 0. The van der Waals surface area contributed by atoms with Gasteiger partial charge in [-0.15, -0.1) is 16.9 Å². The van der Waals surface area contributed by atoms with Crippen molar-refractivity contribution in [1.82, 2.24) is 15.2 Å². The standard InChI is InChI=1S/C10H8ClN3S/c1-15-8-4-2-7(3-5-8)10-13-9(11)6-12-14-10/h2-6H,1H3. The number of halogens is 1. The van der Waals surface area contributed by atoms with Crippen molar-refractivity contribution in [2.45, 2.75) is 4.90 Å². The molecule has 0 N–H and O–H groups in total. The fraction of sp³-hybridized carbons (Fsp3) is 0.100. The zero-order valence-corrected chi connectivity index (χ0v) is 9.59. The van der Waals surface area contributed by atoms with Crippen molar-refractivity contribution < 1.29 is 0 Å². The third-order valence-corrected chi connectivity index (χ3v) is 2.80. The van der Waals surface area contributed by atoms with Crippen molar-refractivity contribution in [2.24, 2.45) is 0 Å². The molecule has 1 aromatic carbocycles. The molecule has 76 valence electrons. The Morgan fingerprint density at radius 2 is 1.93 bits per heavy atom. The molecule has 0 radical (unpaired) electrons. The molecule has 0 aliphatic rings. The number of thioether (sulfide) groups is 1. The summed E-state index contributed by atoms with van der Waals surface area (Å²) in [6.07, 6.45) is 3.45. The van der Waals surface area contributed by atoms with Gasteiger partial charge in [0.25, 0.3) is 0 Å². The Morgan fingerprint density at radius 1 is 1.20 bits per heavy atom. The van der Waals surface area contributed by atoms with Gasteiger partial charge in [-0.25, -0.2) is 4.98 Å². The minimum Gasteiger partial charge on any atom is -0.213 e. The average molecular weight is 238 g/mol. The highest BCUT2D eigenvalue weighted by Crippen LogP contribution is 2.20. The average Bonchev–Trinajstić information content (AvgIpc) is 2.29. The molecule has 0 bridgehead atoms. The molecular weight excluding hydrogens is 230 g/mol. The predicted molar refractivity (Wildman–Crippen MR) is 62.1 cm³/mol. The van der Waals surface area contributed by atoms with Gasteiger partial charge in [-0.2, -0.15) is 5.10 Å². The molecule has 0 saturated carbocycles. The van der Waals surface area contributed by atoms with Crippen molar-refractivity contribution in [3.63, 3.8) is 0 Å². The van der Waals surface area contributed by atoms with E-state index in [0.717, 1.165) is 5.56 Å². The third-order valence-electron chi connectivity index (χ3n) is 1.88. The van der Waals surface area contributed by atoms with Crippen molar-refractivity contribution in [1.29, 1.82) is 0 Å². The van der Waals surface area contributed by atoms with Crippen LogP contribution in [0.4, 0.5) is 0 Å². The Balaban J connectivity index is 2.37. The van der Waals surface area contributed by atoms with E-state index in [-0.39, 0.29) is 0 Å². The SMILES string of the molecule is CSc1ccc(-c2nncc(Cl)n2)cc1. The van der Waals surface area contributed by atoms with Crippen LogP contribution >= 0.6 is 23.4 Å². The Labute approximate surface area is 96.9 Å². The van der Waals surface area contributed by atoms with Crippen LogP contribution in [0.2, 0.25) is 5.15 Å². The van der Waals surface area contributed by atoms with Crippen LogP contribution < -0.4 is 0 Å². The van der Waals surface area contributed by atoms with Crippen LogP contribution in [0.1, 0.15) is 0 Å². The maximum atomic E-state index is 5.74. The quantitative estimate of drug-likeness (QED) is 0.753. The second-order valence-corrected chi connectivity index (χ2v) is 4.10. The molecule has 0 unspecified atom stereocenters. The first-order chi connectivity index (χ1) is 7.29. The predicted octanol–water partition coefficient (Wildman–Crippen LogP) is 2.91. The third kappa shape index (κ3) is 2.46. The Morgan fingerprint density at radius 3 is 2.53 bits per heavy atom. The molecular formula is C10H8ClN3S. The van der Waals surface area contributed by atoms with Gasteiger partial charge >= 0.3 is 0 Å². The van der Waals surface area contributed by atoms with E-state index in [2.05, 4.69) is 15.2 Å². The summed E-state index contributed by atoms with van der Waals surface area (Å²) in [6.45, 7) is 0. The van der Waals surface area contributed by atoms with Crippen LogP contribution in [-0.4, -0.2) is 21.4 Å². The lowest BCUT2D eigenvalue weighted by Crippen LogP contribution is -1.91. The van der Waals surface area contributed by atoms with Crippen LogP contribution in [-0.2, 0) is 0 Å². The van der Waals surface area contributed by atoms with Crippen LogP contribution in [0.3, 0.4) is 0 Å². The Bertz CT molecular complexity index is 458. The van der Waals surface area contributed by atoms with Gasteiger partial charge in [0.2, 0.25) is 0 Å². The molecule has 2 rings (SSSR count). The van der Waals surface area contributed by atoms with Crippen molar-refractivity contribution in [3.05, 3.63) is 35.6 Å². The summed E-state index contributed by atoms with van der Waals surface area (Å²) in [5, 5.41) is 8.02. The fourth-order valence-corrected chi connectivity index (χ4v) is 1.68. The zero-order valence-electron chi connectivity index (χ0n) is 8.01. The second kappa shape index (κ2) is 4.59. The maximum Gasteiger partial charge on any atom is 0.183 e. The first-order valence-electron chi connectivity index (χ1n) is 4.29. The highest BCUT2D eigenvalue weighted by atomic mass is 35.5. The molecule has 0 atom stereocenters. The molecule has 0 saturated heterocycles. The molecule has 0 aliphatic carbocycles. The minimum absolute atomic E-state index is 0.356. The number of nitrogens with zero attached hydrogens (tertiary/aromatic N) is 3. The second-order valence-electron chi connectivity index (χ2n) is 2.83. The first-order valence-corrected chi connectivity index (χ1v) is 5.89. The number of hydrogen-bond acceptors (Lipinski definition) is 4. The van der Waals surface area contributed by atoms with Gasteiger partial charge in [0, 0.05) is 10.5 Å². The van der Waals surface area contributed by atoms with Crippen molar-refractivity contribution in [2.75, 3.05) is 6.26 Å². The molecule has 0 fully saturated rings. The molecule has 0 spiro atoms. The first kappa shape index (κ1) is 10.4. The number of rotatable bonds is 2. The molecule has 1 heterocycles. The molecule has 2 aromatic rings. The van der Waals surface area contributed by atoms with Gasteiger partial charge in [0.1, 0.15) is 0 Å². The van der Waals surface area contributed by atoms with E-state index in [4.69, 9.17) is 11.6 Å².